The van der Waals surface area contributed by atoms with Crippen LogP contribution in [-0.2, 0) is 4.79 Å². The van der Waals surface area contributed by atoms with Gasteiger partial charge in [0.25, 0.3) is 0 Å². The summed E-state index contributed by atoms with van der Waals surface area (Å²) in [5.41, 5.74) is 5.57. The van der Waals surface area contributed by atoms with Crippen LogP contribution in [-0.4, -0.2) is 26.8 Å². The van der Waals surface area contributed by atoms with Crippen molar-refractivity contribution in [3.8, 4) is 5.88 Å². The summed E-state index contributed by atoms with van der Waals surface area (Å²) in [6, 6.07) is -0.719. The average Bonchev–Trinajstić information content (AvgIpc) is 2.43. The molecule has 0 spiro atoms. The predicted molar refractivity (Wildman–Crippen MR) is 55.7 cm³/mol. The Morgan fingerprint density at radius 2 is 2.33 bits per heavy atom. The SMILES string of the molecule is CC(C)[C@H](N)C(=O)On1cc(O)[nH]c1=S. The molecule has 0 saturated heterocycles. The maximum atomic E-state index is 11.4. The summed E-state index contributed by atoms with van der Waals surface area (Å²) in [7, 11) is 0. The second-order valence-electron chi connectivity index (χ2n) is 3.45. The molecule has 0 aliphatic rings. The van der Waals surface area contributed by atoms with Gasteiger partial charge in [-0.15, -0.1) is 4.73 Å². The van der Waals surface area contributed by atoms with Gasteiger partial charge < -0.3 is 15.7 Å². The van der Waals surface area contributed by atoms with Crippen molar-refractivity contribution >= 4 is 18.2 Å². The van der Waals surface area contributed by atoms with Crippen molar-refractivity contribution in [1.82, 2.24) is 9.71 Å². The molecule has 1 atom stereocenters. The fourth-order valence-corrected chi connectivity index (χ4v) is 1.06. The van der Waals surface area contributed by atoms with E-state index in [1.165, 1.54) is 0 Å². The van der Waals surface area contributed by atoms with Crippen molar-refractivity contribution in [2.45, 2.75) is 19.9 Å². The van der Waals surface area contributed by atoms with E-state index in [0.717, 1.165) is 10.9 Å². The monoisotopic (exact) mass is 231 g/mol. The first-order valence-electron chi connectivity index (χ1n) is 4.40. The van der Waals surface area contributed by atoms with Gasteiger partial charge in [0, 0.05) is 0 Å². The zero-order valence-corrected chi connectivity index (χ0v) is 9.25. The zero-order chi connectivity index (χ0) is 11.6. The van der Waals surface area contributed by atoms with Gasteiger partial charge >= 0.3 is 5.97 Å². The van der Waals surface area contributed by atoms with E-state index >= 15 is 0 Å². The second-order valence-corrected chi connectivity index (χ2v) is 3.84. The third-order valence-electron chi connectivity index (χ3n) is 1.85. The van der Waals surface area contributed by atoms with Crippen molar-refractivity contribution in [3.05, 3.63) is 11.0 Å². The molecule has 1 heterocycles. The lowest BCUT2D eigenvalue weighted by Crippen LogP contribution is -2.41. The first-order chi connectivity index (χ1) is 6.91. The normalized spacial score (nSPS) is 12.8. The third-order valence-corrected chi connectivity index (χ3v) is 2.14. The van der Waals surface area contributed by atoms with Crippen LogP contribution in [0, 0.1) is 10.7 Å². The second kappa shape index (κ2) is 4.45. The van der Waals surface area contributed by atoms with E-state index < -0.39 is 12.0 Å². The fraction of sp³-hybridized carbons (Fsp3) is 0.500. The van der Waals surface area contributed by atoms with Gasteiger partial charge in [-0.25, -0.2) is 4.79 Å². The third kappa shape index (κ3) is 2.80. The molecule has 0 fully saturated rings. The summed E-state index contributed by atoms with van der Waals surface area (Å²) in [5, 5.41) is 9.03. The van der Waals surface area contributed by atoms with Crippen LogP contribution in [0.1, 0.15) is 13.8 Å². The minimum absolute atomic E-state index is 0.0285. The highest BCUT2D eigenvalue weighted by atomic mass is 32.1. The molecule has 0 aliphatic carbocycles. The molecule has 0 radical (unpaired) electrons. The molecule has 0 unspecified atom stereocenters. The lowest BCUT2D eigenvalue weighted by atomic mass is 10.1. The maximum Gasteiger partial charge on any atom is 0.349 e. The number of hydrogen-bond acceptors (Lipinski definition) is 5. The molecule has 1 aromatic heterocycles. The molecule has 1 rings (SSSR count). The molecule has 1 aromatic rings. The molecule has 0 amide bonds. The quantitative estimate of drug-likeness (QED) is 0.646. The van der Waals surface area contributed by atoms with Crippen LogP contribution in [0.5, 0.6) is 5.88 Å². The number of aromatic hydroxyl groups is 1. The van der Waals surface area contributed by atoms with Gasteiger partial charge in [0.05, 0.1) is 0 Å². The van der Waals surface area contributed by atoms with E-state index in [0.29, 0.717) is 0 Å². The van der Waals surface area contributed by atoms with Gasteiger partial charge in [-0.2, -0.15) is 0 Å². The highest BCUT2D eigenvalue weighted by molar-refractivity contribution is 7.71. The molecule has 0 saturated carbocycles. The number of imidazole rings is 1. The van der Waals surface area contributed by atoms with Crippen molar-refractivity contribution in [1.29, 1.82) is 0 Å². The highest BCUT2D eigenvalue weighted by Crippen LogP contribution is 2.04. The van der Waals surface area contributed by atoms with Crippen LogP contribution in [0.2, 0.25) is 0 Å². The number of H-pyrrole nitrogens is 1. The smallest absolute Gasteiger partial charge is 0.349 e. The Labute approximate surface area is 91.6 Å². The number of nitrogens with one attached hydrogen (secondary N) is 1. The number of nitrogens with two attached hydrogens (primary N) is 1. The van der Waals surface area contributed by atoms with Crippen molar-refractivity contribution in [2.24, 2.45) is 11.7 Å². The number of carbonyl (C=O) groups excluding carboxylic acids is 1. The number of rotatable bonds is 3. The molecule has 84 valence electrons. The number of aromatic amines is 1. The Kier molecular flexibility index (Phi) is 3.48. The summed E-state index contributed by atoms with van der Waals surface area (Å²) in [6.07, 6.45) is 1.16. The lowest BCUT2D eigenvalue weighted by molar-refractivity contribution is -0.147. The van der Waals surface area contributed by atoms with Crippen LogP contribution < -0.4 is 10.6 Å². The Bertz CT molecular complexity index is 410. The van der Waals surface area contributed by atoms with Gasteiger partial charge in [-0.3, -0.25) is 4.98 Å². The average molecular weight is 231 g/mol. The number of aromatic nitrogens is 2. The van der Waals surface area contributed by atoms with Gasteiger partial charge in [-0.05, 0) is 18.1 Å². The van der Waals surface area contributed by atoms with Crippen LogP contribution in [0.25, 0.3) is 0 Å². The van der Waals surface area contributed by atoms with Crippen LogP contribution in [0.15, 0.2) is 6.20 Å². The number of carbonyl (C=O) groups is 1. The zero-order valence-electron chi connectivity index (χ0n) is 8.43. The number of nitrogens with zero attached hydrogens (tertiary/aromatic N) is 1. The van der Waals surface area contributed by atoms with E-state index in [1.54, 1.807) is 13.8 Å². The summed E-state index contributed by atoms with van der Waals surface area (Å²) in [6.45, 7) is 3.61. The Balaban J connectivity index is 2.75. The molecule has 0 bridgehead atoms. The highest BCUT2D eigenvalue weighted by Gasteiger charge is 2.20. The summed E-state index contributed by atoms with van der Waals surface area (Å²) < 4.78 is 1.06. The maximum absolute atomic E-state index is 11.4. The minimum atomic E-state index is -0.719. The molecular weight excluding hydrogens is 218 g/mol. The van der Waals surface area contributed by atoms with Crippen LogP contribution in [0.4, 0.5) is 0 Å². The molecule has 0 aromatic carbocycles. The predicted octanol–water partition coefficient (Wildman–Crippen LogP) is 0.190. The van der Waals surface area contributed by atoms with E-state index in [9.17, 15) is 4.79 Å². The van der Waals surface area contributed by atoms with E-state index in [-0.39, 0.29) is 16.6 Å². The van der Waals surface area contributed by atoms with E-state index in [4.69, 9.17) is 27.9 Å². The number of hydrogen-bond donors (Lipinski definition) is 3. The van der Waals surface area contributed by atoms with Crippen molar-refractivity contribution < 1.29 is 14.7 Å². The first kappa shape index (κ1) is 11.7. The molecular formula is C8H13N3O3S. The van der Waals surface area contributed by atoms with Crippen molar-refractivity contribution in [3.63, 3.8) is 0 Å². The summed E-state index contributed by atoms with van der Waals surface area (Å²) >= 11 is 4.77. The standard InChI is InChI=1S/C8H13N3O3S/c1-4(2)6(9)7(13)14-11-3-5(12)10-8(11)15/h3-4,6,12H,9H2,1-2H3,(H,10,15)/t6-/m0/s1. The first-order valence-corrected chi connectivity index (χ1v) is 4.81. The molecule has 0 aliphatic heterocycles. The van der Waals surface area contributed by atoms with Crippen LogP contribution >= 0.6 is 12.2 Å². The fourth-order valence-electron chi connectivity index (χ4n) is 0.864. The topological polar surface area (TPSA) is 93.3 Å². The van der Waals surface area contributed by atoms with Gasteiger partial charge in [0.2, 0.25) is 10.7 Å². The summed E-state index contributed by atoms with van der Waals surface area (Å²) in [5.74, 6) is -0.801. The largest absolute Gasteiger partial charge is 0.493 e. The minimum Gasteiger partial charge on any atom is -0.493 e. The Morgan fingerprint density at radius 3 is 2.73 bits per heavy atom. The lowest BCUT2D eigenvalue weighted by Gasteiger charge is -2.13. The molecule has 4 N–H and O–H groups in total. The van der Waals surface area contributed by atoms with Crippen molar-refractivity contribution in [2.75, 3.05) is 0 Å². The summed E-state index contributed by atoms with van der Waals surface area (Å²) in [4.78, 5) is 18.6. The Hall–Kier alpha value is -1.34. The Morgan fingerprint density at radius 1 is 1.73 bits per heavy atom. The molecule has 6 nitrogen and oxygen atoms in total. The molecule has 7 heteroatoms. The van der Waals surface area contributed by atoms with Crippen LogP contribution in [0.3, 0.4) is 0 Å². The van der Waals surface area contributed by atoms with Gasteiger partial charge in [0.1, 0.15) is 12.2 Å². The van der Waals surface area contributed by atoms with Gasteiger partial charge in [-0.1, -0.05) is 13.8 Å². The van der Waals surface area contributed by atoms with E-state index in [1.807, 2.05) is 0 Å². The van der Waals surface area contributed by atoms with Gasteiger partial charge in [0.15, 0.2) is 0 Å². The molecule has 15 heavy (non-hydrogen) atoms. The van der Waals surface area contributed by atoms with E-state index in [2.05, 4.69) is 4.98 Å².